The molecular weight excluding hydrogens is 238 g/mol. The van der Waals surface area contributed by atoms with Crippen LogP contribution in [-0.4, -0.2) is 24.6 Å². The van der Waals surface area contributed by atoms with Gasteiger partial charge >= 0.3 is 6.03 Å². The van der Waals surface area contributed by atoms with Crippen molar-refractivity contribution in [2.45, 2.75) is 12.8 Å². The van der Waals surface area contributed by atoms with E-state index < -0.39 is 0 Å². The van der Waals surface area contributed by atoms with E-state index >= 15 is 0 Å². The number of carbonyl (C=O) groups is 1. The summed E-state index contributed by atoms with van der Waals surface area (Å²) in [7, 11) is 1.75. The number of rotatable bonds is 3. The second kappa shape index (κ2) is 4.88. The molecule has 0 radical (unpaired) electrons. The van der Waals surface area contributed by atoms with Crippen LogP contribution in [0.2, 0.25) is 0 Å². The summed E-state index contributed by atoms with van der Waals surface area (Å²) in [6.07, 6.45) is 2.47. The summed E-state index contributed by atoms with van der Waals surface area (Å²) in [6, 6.07) is 11.7. The van der Waals surface area contributed by atoms with Crippen LogP contribution in [0, 0.1) is 5.92 Å². The Morgan fingerprint density at radius 1 is 1.32 bits per heavy atom. The first-order chi connectivity index (χ1) is 9.24. The first-order valence-electron chi connectivity index (χ1n) is 6.61. The number of anilines is 1. The quantitative estimate of drug-likeness (QED) is 0.916. The van der Waals surface area contributed by atoms with E-state index in [1.54, 1.807) is 11.9 Å². The highest BCUT2D eigenvalue weighted by molar-refractivity contribution is 5.92. The predicted octanol–water partition coefficient (Wildman–Crippen LogP) is 2.79. The number of urea groups is 1. The SMILES string of the molecule is CN(C(=O)NCC1CC1)c1ccc2ccccc2n1. The van der Waals surface area contributed by atoms with Gasteiger partial charge < -0.3 is 5.32 Å². The normalized spacial score (nSPS) is 14.4. The molecule has 3 rings (SSSR count). The van der Waals surface area contributed by atoms with Crippen LogP contribution in [0.5, 0.6) is 0 Å². The Morgan fingerprint density at radius 3 is 2.89 bits per heavy atom. The number of fused-ring (bicyclic) bond motifs is 1. The van der Waals surface area contributed by atoms with Gasteiger partial charge in [0, 0.05) is 19.0 Å². The number of para-hydroxylation sites is 1. The molecule has 19 heavy (non-hydrogen) atoms. The van der Waals surface area contributed by atoms with Crippen molar-refractivity contribution in [2.75, 3.05) is 18.5 Å². The monoisotopic (exact) mass is 255 g/mol. The highest BCUT2D eigenvalue weighted by Gasteiger charge is 2.22. The molecule has 1 aliphatic rings. The average Bonchev–Trinajstić information content (AvgIpc) is 3.27. The maximum absolute atomic E-state index is 12.0. The van der Waals surface area contributed by atoms with Gasteiger partial charge in [0.05, 0.1) is 5.52 Å². The van der Waals surface area contributed by atoms with Gasteiger partial charge in [-0.05, 0) is 37.0 Å². The summed E-state index contributed by atoms with van der Waals surface area (Å²) < 4.78 is 0. The van der Waals surface area contributed by atoms with Crippen molar-refractivity contribution >= 4 is 22.8 Å². The van der Waals surface area contributed by atoms with Crippen LogP contribution in [0.3, 0.4) is 0 Å². The third kappa shape index (κ3) is 2.67. The van der Waals surface area contributed by atoms with Gasteiger partial charge in [-0.3, -0.25) is 4.90 Å². The smallest absolute Gasteiger partial charge is 0.322 e. The fourth-order valence-electron chi connectivity index (χ4n) is 2.02. The molecule has 98 valence electrons. The number of hydrogen-bond acceptors (Lipinski definition) is 2. The first-order valence-corrected chi connectivity index (χ1v) is 6.61. The summed E-state index contributed by atoms with van der Waals surface area (Å²) in [5.74, 6) is 1.36. The number of nitrogens with one attached hydrogen (secondary N) is 1. The van der Waals surface area contributed by atoms with Gasteiger partial charge in [0.25, 0.3) is 0 Å². The number of nitrogens with zero attached hydrogens (tertiary/aromatic N) is 2. The Bertz CT molecular complexity index is 607. The summed E-state index contributed by atoms with van der Waals surface area (Å²) in [6.45, 7) is 0.775. The Morgan fingerprint density at radius 2 is 2.11 bits per heavy atom. The van der Waals surface area contributed by atoms with Gasteiger partial charge in [-0.15, -0.1) is 0 Å². The number of pyridine rings is 1. The zero-order valence-corrected chi connectivity index (χ0v) is 11.0. The molecule has 4 heteroatoms. The van der Waals surface area contributed by atoms with Crippen molar-refractivity contribution in [3.63, 3.8) is 0 Å². The van der Waals surface area contributed by atoms with Gasteiger partial charge in [-0.2, -0.15) is 0 Å². The predicted molar refractivity (Wildman–Crippen MR) is 76.3 cm³/mol. The molecule has 1 aliphatic carbocycles. The molecule has 0 bridgehead atoms. The van der Waals surface area contributed by atoms with E-state index in [9.17, 15) is 4.79 Å². The van der Waals surface area contributed by atoms with E-state index in [4.69, 9.17) is 0 Å². The molecule has 2 amide bonds. The topological polar surface area (TPSA) is 45.2 Å². The minimum Gasteiger partial charge on any atom is -0.337 e. The summed E-state index contributed by atoms with van der Waals surface area (Å²) >= 11 is 0. The van der Waals surface area contributed by atoms with Crippen LogP contribution < -0.4 is 10.2 Å². The van der Waals surface area contributed by atoms with Gasteiger partial charge in [0.15, 0.2) is 0 Å². The molecule has 0 aliphatic heterocycles. The molecule has 2 aromatic rings. The second-order valence-electron chi connectivity index (χ2n) is 5.05. The summed E-state index contributed by atoms with van der Waals surface area (Å²) in [4.78, 5) is 18.1. The maximum Gasteiger partial charge on any atom is 0.322 e. The second-order valence-corrected chi connectivity index (χ2v) is 5.05. The lowest BCUT2D eigenvalue weighted by Gasteiger charge is -2.17. The zero-order valence-electron chi connectivity index (χ0n) is 11.0. The standard InChI is InChI=1S/C15H17N3O/c1-18(15(19)16-10-11-6-7-11)14-9-8-12-4-2-3-5-13(12)17-14/h2-5,8-9,11H,6-7,10H2,1H3,(H,16,19). The number of benzene rings is 1. The van der Waals surface area contributed by atoms with Gasteiger partial charge in [-0.25, -0.2) is 9.78 Å². The van der Waals surface area contributed by atoms with E-state index in [1.807, 2.05) is 36.4 Å². The molecule has 1 fully saturated rings. The Balaban J connectivity index is 1.75. The van der Waals surface area contributed by atoms with E-state index in [0.717, 1.165) is 17.4 Å². The zero-order chi connectivity index (χ0) is 13.2. The van der Waals surface area contributed by atoms with Crippen molar-refractivity contribution in [3.8, 4) is 0 Å². The van der Waals surface area contributed by atoms with Crippen LogP contribution in [0.25, 0.3) is 10.9 Å². The molecule has 1 heterocycles. The Labute approximate surface area is 112 Å². The van der Waals surface area contributed by atoms with Crippen LogP contribution in [-0.2, 0) is 0 Å². The van der Waals surface area contributed by atoms with Crippen molar-refractivity contribution in [2.24, 2.45) is 5.92 Å². The maximum atomic E-state index is 12.0. The minimum atomic E-state index is -0.0883. The average molecular weight is 255 g/mol. The van der Waals surface area contributed by atoms with Crippen molar-refractivity contribution in [3.05, 3.63) is 36.4 Å². The number of hydrogen-bond donors (Lipinski definition) is 1. The van der Waals surface area contributed by atoms with Gasteiger partial charge in [-0.1, -0.05) is 18.2 Å². The number of carbonyl (C=O) groups excluding carboxylic acids is 1. The molecule has 0 saturated heterocycles. The highest BCUT2D eigenvalue weighted by atomic mass is 16.2. The van der Waals surface area contributed by atoms with Gasteiger partial charge in [0.2, 0.25) is 0 Å². The fraction of sp³-hybridized carbons (Fsp3) is 0.333. The molecular formula is C15H17N3O. The largest absolute Gasteiger partial charge is 0.337 e. The van der Waals surface area contributed by atoms with Crippen molar-refractivity contribution in [1.82, 2.24) is 10.3 Å². The molecule has 0 unspecified atom stereocenters. The van der Waals surface area contributed by atoms with Crippen molar-refractivity contribution < 1.29 is 4.79 Å². The third-order valence-corrected chi connectivity index (χ3v) is 3.47. The van der Waals surface area contributed by atoms with Crippen LogP contribution in [0.1, 0.15) is 12.8 Å². The third-order valence-electron chi connectivity index (χ3n) is 3.47. The summed E-state index contributed by atoms with van der Waals surface area (Å²) in [5, 5.41) is 4.02. The highest BCUT2D eigenvalue weighted by Crippen LogP contribution is 2.27. The van der Waals surface area contributed by atoms with E-state index in [0.29, 0.717) is 11.7 Å². The van der Waals surface area contributed by atoms with E-state index in [2.05, 4.69) is 10.3 Å². The fourth-order valence-corrected chi connectivity index (χ4v) is 2.02. The molecule has 1 saturated carbocycles. The van der Waals surface area contributed by atoms with E-state index in [1.165, 1.54) is 12.8 Å². The summed E-state index contributed by atoms with van der Waals surface area (Å²) in [5.41, 5.74) is 0.904. The van der Waals surface area contributed by atoms with Crippen LogP contribution in [0.15, 0.2) is 36.4 Å². The van der Waals surface area contributed by atoms with Crippen LogP contribution >= 0.6 is 0 Å². The molecule has 1 N–H and O–H groups in total. The first kappa shape index (κ1) is 12.0. The number of aromatic nitrogens is 1. The lowest BCUT2D eigenvalue weighted by molar-refractivity contribution is 0.247. The minimum absolute atomic E-state index is 0.0883. The van der Waals surface area contributed by atoms with Crippen molar-refractivity contribution in [1.29, 1.82) is 0 Å². The van der Waals surface area contributed by atoms with Crippen LogP contribution in [0.4, 0.5) is 10.6 Å². The Hall–Kier alpha value is -2.10. The number of amides is 2. The molecule has 1 aromatic heterocycles. The van der Waals surface area contributed by atoms with E-state index in [-0.39, 0.29) is 6.03 Å². The lowest BCUT2D eigenvalue weighted by atomic mass is 10.2. The Kier molecular flexibility index (Phi) is 3.07. The molecule has 0 spiro atoms. The van der Waals surface area contributed by atoms with Gasteiger partial charge in [0.1, 0.15) is 5.82 Å². The molecule has 0 atom stereocenters. The lowest BCUT2D eigenvalue weighted by Crippen LogP contribution is -2.38. The molecule has 1 aromatic carbocycles. The molecule has 4 nitrogen and oxygen atoms in total.